The number of halogens is 1. The molecule has 0 bridgehead atoms. The van der Waals surface area contributed by atoms with Gasteiger partial charge in [0.1, 0.15) is 0 Å². The van der Waals surface area contributed by atoms with Crippen molar-refractivity contribution < 1.29 is 4.74 Å². The van der Waals surface area contributed by atoms with Crippen LogP contribution >= 0.6 is 35.3 Å². The summed E-state index contributed by atoms with van der Waals surface area (Å²) in [5.74, 6) is 0.880. The van der Waals surface area contributed by atoms with Crippen LogP contribution in [0.5, 0.6) is 0 Å². The predicted octanol–water partition coefficient (Wildman–Crippen LogP) is 2.60. The Labute approximate surface area is 188 Å². The van der Waals surface area contributed by atoms with Gasteiger partial charge in [-0.05, 0) is 25.5 Å². The fraction of sp³-hybridized carbons (Fsp3) is 0.579. The van der Waals surface area contributed by atoms with Crippen molar-refractivity contribution in [2.24, 2.45) is 4.99 Å². The van der Waals surface area contributed by atoms with Gasteiger partial charge in [-0.2, -0.15) is 0 Å². The van der Waals surface area contributed by atoms with E-state index < -0.39 is 0 Å². The minimum Gasteiger partial charge on any atom is -0.379 e. The summed E-state index contributed by atoms with van der Waals surface area (Å²) in [6.07, 6.45) is 1.07. The third-order valence-corrected chi connectivity index (χ3v) is 5.33. The van der Waals surface area contributed by atoms with E-state index in [0.717, 1.165) is 82.1 Å². The van der Waals surface area contributed by atoms with E-state index in [1.54, 1.807) is 11.3 Å². The van der Waals surface area contributed by atoms with Gasteiger partial charge in [0.25, 0.3) is 0 Å². The Morgan fingerprint density at radius 3 is 2.82 bits per heavy atom. The lowest BCUT2D eigenvalue weighted by Gasteiger charge is -2.26. The van der Waals surface area contributed by atoms with Gasteiger partial charge in [0.2, 0.25) is 0 Å². The average Bonchev–Trinajstić information content (AvgIpc) is 3.12. The highest BCUT2D eigenvalue weighted by Gasteiger charge is 2.09. The molecule has 0 spiro atoms. The molecule has 1 aliphatic rings. The lowest BCUT2D eigenvalue weighted by molar-refractivity contribution is 0.0377. The second-order valence-electron chi connectivity index (χ2n) is 6.41. The van der Waals surface area contributed by atoms with Crippen LogP contribution in [0.3, 0.4) is 0 Å². The summed E-state index contributed by atoms with van der Waals surface area (Å²) in [7, 11) is 0. The molecule has 0 amide bonds. The summed E-state index contributed by atoms with van der Waals surface area (Å²) < 4.78 is 6.59. The largest absolute Gasteiger partial charge is 0.379 e. The number of nitrogens with zero attached hydrogens (tertiary/aromatic N) is 3. The number of hydrogen-bond acceptors (Lipinski definition) is 6. The lowest BCUT2D eigenvalue weighted by atomic mass is 10.3. The highest BCUT2D eigenvalue weighted by atomic mass is 127. The summed E-state index contributed by atoms with van der Waals surface area (Å²) in [5.41, 5.74) is 1.05. The van der Waals surface area contributed by atoms with Gasteiger partial charge in [0.15, 0.2) is 11.1 Å². The van der Waals surface area contributed by atoms with Crippen LogP contribution in [0.25, 0.3) is 10.2 Å². The normalized spacial score (nSPS) is 15.2. The van der Waals surface area contributed by atoms with Gasteiger partial charge in [0, 0.05) is 45.8 Å². The summed E-state index contributed by atoms with van der Waals surface area (Å²) in [5, 5.41) is 11.0. The summed E-state index contributed by atoms with van der Waals surface area (Å²) in [4.78, 5) is 11.7. The van der Waals surface area contributed by atoms with Crippen LogP contribution in [0.15, 0.2) is 29.3 Å². The van der Waals surface area contributed by atoms with Crippen molar-refractivity contribution in [2.45, 2.75) is 13.3 Å². The number of aromatic nitrogens is 1. The number of nitrogens with one attached hydrogen (secondary N) is 3. The Balaban J connectivity index is 0.00000280. The van der Waals surface area contributed by atoms with Crippen molar-refractivity contribution >= 4 is 56.6 Å². The molecule has 0 saturated carbocycles. The molecule has 2 aromatic rings. The van der Waals surface area contributed by atoms with Crippen molar-refractivity contribution in [3.8, 4) is 0 Å². The zero-order chi connectivity index (χ0) is 18.7. The second-order valence-corrected chi connectivity index (χ2v) is 7.44. The highest BCUT2D eigenvalue weighted by Crippen LogP contribution is 2.24. The molecule has 0 unspecified atom stereocenters. The molecular weight excluding hydrogens is 487 g/mol. The van der Waals surface area contributed by atoms with Crippen LogP contribution in [0, 0.1) is 0 Å². The molecule has 0 radical (unpaired) electrons. The van der Waals surface area contributed by atoms with Crippen LogP contribution in [0.1, 0.15) is 13.3 Å². The van der Waals surface area contributed by atoms with E-state index in [0.29, 0.717) is 0 Å². The molecule has 28 heavy (non-hydrogen) atoms. The van der Waals surface area contributed by atoms with Crippen molar-refractivity contribution in [1.29, 1.82) is 0 Å². The van der Waals surface area contributed by atoms with E-state index in [4.69, 9.17) is 4.74 Å². The van der Waals surface area contributed by atoms with E-state index in [1.807, 2.05) is 18.2 Å². The Hall–Kier alpha value is -1.17. The summed E-state index contributed by atoms with van der Waals surface area (Å²) in [6.45, 7) is 10.3. The summed E-state index contributed by atoms with van der Waals surface area (Å²) in [6, 6.07) is 8.21. The first-order valence-electron chi connectivity index (χ1n) is 9.77. The number of aliphatic imine (C=N–C) groups is 1. The van der Waals surface area contributed by atoms with E-state index in [2.05, 4.69) is 43.8 Å². The molecule has 9 heteroatoms. The Bertz CT molecular complexity index is 686. The number of fused-ring (bicyclic) bond motifs is 1. The van der Waals surface area contributed by atoms with Crippen LogP contribution in [-0.4, -0.2) is 74.9 Å². The maximum Gasteiger partial charge on any atom is 0.191 e. The molecule has 7 nitrogen and oxygen atoms in total. The molecule has 3 N–H and O–H groups in total. The predicted molar refractivity (Wildman–Crippen MR) is 129 cm³/mol. The van der Waals surface area contributed by atoms with Crippen LogP contribution in [0.2, 0.25) is 0 Å². The third-order valence-electron chi connectivity index (χ3n) is 4.34. The third kappa shape index (κ3) is 7.69. The van der Waals surface area contributed by atoms with Gasteiger partial charge < -0.3 is 20.7 Å². The second kappa shape index (κ2) is 13.1. The van der Waals surface area contributed by atoms with Crippen molar-refractivity contribution in [2.75, 3.05) is 64.3 Å². The number of para-hydroxylation sites is 1. The molecule has 0 atom stereocenters. The Morgan fingerprint density at radius 1 is 1.21 bits per heavy atom. The maximum absolute atomic E-state index is 5.38. The monoisotopic (exact) mass is 518 g/mol. The van der Waals surface area contributed by atoms with Gasteiger partial charge in [-0.3, -0.25) is 9.89 Å². The number of anilines is 1. The van der Waals surface area contributed by atoms with Gasteiger partial charge >= 0.3 is 0 Å². The smallest absolute Gasteiger partial charge is 0.191 e. The number of morpholine rings is 1. The zero-order valence-electron chi connectivity index (χ0n) is 16.4. The first-order chi connectivity index (χ1) is 13.3. The van der Waals surface area contributed by atoms with E-state index >= 15 is 0 Å². The van der Waals surface area contributed by atoms with Crippen molar-refractivity contribution in [1.82, 2.24) is 20.5 Å². The van der Waals surface area contributed by atoms with E-state index in [1.165, 1.54) is 4.70 Å². The molecule has 1 aromatic heterocycles. The fourth-order valence-corrected chi connectivity index (χ4v) is 3.84. The van der Waals surface area contributed by atoms with Crippen LogP contribution in [0.4, 0.5) is 5.13 Å². The van der Waals surface area contributed by atoms with Gasteiger partial charge in [-0.1, -0.05) is 23.5 Å². The number of thiazole rings is 1. The van der Waals surface area contributed by atoms with Crippen molar-refractivity contribution in [3.63, 3.8) is 0 Å². The average molecular weight is 518 g/mol. The van der Waals surface area contributed by atoms with Crippen LogP contribution < -0.4 is 16.0 Å². The number of hydrogen-bond donors (Lipinski definition) is 3. The standard InChI is InChI=1S/C19H30N6OS.HI/c1-2-20-18(21-8-5-11-25-12-14-26-15-13-25)22-9-10-23-19-24-16-6-3-4-7-17(16)27-19;/h3-4,6-7H,2,5,8-15H2,1H3,(H,23,24)(H2,20,21,22);1H. The molecule has 3 rings (SSSR count). The molecule has 1 fully saturated rings. The Kier molecular flexibility index (Phi) is 10.8. The Morgan fingerprint density at radius 2 is 2.04 bits per heavy atom. The number of benzene rings is 1. The van der Waals surface area contributed by atoms with E-state index in [-0.39, 0.29) is 24.0 Å². The van der Waals surface area contributed by atoms with E-state index in [9.17, 15) is 0 Å². The van der Waals surface area contributed by atoms with Gasteiger partial charge in [0.05, 0.1) is 23.4 Å². The minimum absolute atomic E-state index is 0. The topological polar surface area (TPSA) is 73.8 Å². The zero-order valence-corrected chi connectivity index (χ0v) is 19.6. The lowest BCUT2D eigenvalue weighted by Crippen LogP contribution is -2.40. The molecule has 1 saturated heterocycles. The quantitative estimate of drug-likeness (QED) is 0.205. The van der Waals surface area contributed by atoms with Gasteiger partial charge in [-0.15, -0.1) is 24.0 Å². The number of ether oxygens (including phenoxy) is 1. The minimum atomic E-state index is 0. The molecule has 2 heterocycles. The molecule has 1 aliphatic heterocycles. The molecule has 1 aromatic carbocycles. The van der Waals surface area contributed by atoms with Crippen LogP contribution in [-0.2, 0) is 4.74 Å². The fourth-order valence-electron chi connectivity index (χ4n) is 2.95. The molecule has 0 aliphatic carbocycles. The first-order valence-corrected chi connectivity index (χ1v) is 10.6. The number of guanidine groups is 1. The number of rotatable bonds is 9. The van der Waals surface area contributed by atoms with Crippen molar-refractivity contribution in [3.05, 3.63) is 24.3 Å². The highest BCUT2D eigenvalue weighted by molar-refractivity contribution is 14.0. The summed E-state index contributed by atoms with van der Waals surface area (Å²) >= 11 is 1.69. The molecular formula is C19H31IN6OS. The molecule has 156 valence electrons. The SMILES string of the molecule is CCNC(=NCCCN1CCOCC1)NCCNc1nc2ccccc2s1.I. The first kappa shape index (κ1) is 23.1. The maximum atomic E-state index is 5.38. The van der Waals surface area contributed by atoms with Gasteiger partial charge in [-0.25, -0.2) is 4.98 Å².